The number of benzene rings is 1. The Kier molecular flexibility index (Phi) is 4.67. The first kappa shape index (κ1) is 14.2. The second kappa shape index (κ2) is 6.27. The quantitative estimate of drug-likeness (QED) is 0.918. The highest BCUT2D eigenvalue weighted by Gasteiger charge is 2.29. The normalized spacial score (nSPS) is 19.0. The number of nitrogens with zero attached hydrogens (tertiary/aromatic N) is 1. The molecule has 19 heavy (non-hydrogen) atoms. The number of carbonyl (C=O) groups excluding carboxylic acids is 1. The Morgan fingerprint density at radius 1 is 1.47 bits per heavy atom. The first-order valence-electron chi connectivity index (χ1n) is 5.98. The summed E-state index contributed by atoms with van der Waals surface area (Å²) in [5.74, 6) is 0.664. The Morgan fingerprint density at radius 2 is 2.16 bits per heavy atom. The van der Waals surface area contributed by atoms with Gasteiger partial charge in [0, 0.05) is 16.8 Å². The molecular weight excluding hydrogens is 324 g/mol. The van der Waals surface area contributed by atoms with Crippen molar-refractivity contribution < 1.29 is 4.79 Å². The molecule has 0 fully saturated rings. The highest BCUT2D eigenvalue weighted by atomic mass is 79.9. The van der Waals surface area contributed by atoms with Gasteiger partial charge >= 0.3 is 0 Å². The number of allylic oxidation sites excluding steroid dienone is 1. The minimum atomic E-state index is -0.138. The zero-order valence-corrected chi connectivity index (χ0v) is 12.8. The molecule has 0 unspecified atom stereocenters. The van der Waals surface area contributed by atoms with Crippen molar-refractivity contribution in [2.75, 3.05) is 5.75 Å². The molecule has 98 valence electrons. The molecule has 2 rings (SSSR count). The molecule has 0 radical (unpaired) electrons. The van der Waals surface area contributed by atoms with Crippen molar-refractivity contribution in [2.24, 2.45) is 0 Å². The van der Waals surface area contributed by atoms with Crippen molar-refractivity contribution in [3.63, 3.8) is 0 Å². The number of hydrogen-bond donors (Lipinski definition) is 1. The fourth-order valence-electron chi connectivity index (χ4n) is 2.06. The highest BCUT2D eigenvalue weighted by Crippen LogP contribution is 2.36. The van der Waals surface area contributed by atoms with Gasteiger partial charge in [0.1, 0.15) is 0 Å². The van der Waals surface area contributed by atoms with Crippen LogP contribution in [0.15, 0.2) is 39.3 Å². The summed E-state index contributed by atoms with van der Waals surface area (Å²) in [5.41, 5.74) is 1.66. The van der Waals surface area contributed by atoms with Gasteiger partial charge in [-0.15, -0.1) is 11.8 Å². The Morgan fingerprint density at radius 3 is 2.74 bits per heavy atom. The molecule has 0 spiro atoms. The zero-order valence-electron chi connectivity index (χ0n) is 10.4. The summed E-state index contributed by atoms with van der Waals surface area (Å²) in [6.07, 6.45) is 0.332. The maximum atomic E-state index is 11.8. The lowest BCUT2D eigenvalue weighted by molar-refractivity contribution is -0.120. The van der Waals surface area contributed by atoms with Gasteiger partial charge in [-0.05, 0) is 23.4 Å². The second-order valence-electron chi connectivity index (χ2n) is 4.14. The third-order valence-electron chi connectivity index (χ3n) is 2.92. The van der Waals surface area contributed by atoms with Crippen LogP contribution >= 0.6 is 27.7 Å². The van der Waals surface area contributed by atoms with Crippen LogP contribution in [0.1, 0.15) is 24.8 Å². The minimum Gasteiger partial charge on any atom is -0.320 e. The minimum absolute atomic E-state index is 0.0251. The lowest BCUT2D eigenvalue weighted by Crippen LogP contribution is -2.30. The molecule has 1 aromatic rings. The molecule has 1 amide bonds. The summed E-state index contributed by atoms with van der Waals surface area (Å²) in [5, 5.41) is 12.9. The van der Waals surface area contributed by atoms with E-state index in [1.807, 2.05) is 31.2 Å². The van der Waals surface area contributed by atoms with Crippen LogP contribution < -0.4 is 5.32 Å². The molecular formula is C14H13BrN2OS. The van der Waals surface area contributed by atoms with E-state index in [4.69, 9.17) is 0 Å². The van der Waals surface area contributed by atoms with Gasteiger partial charge in [-0.3, -0.25) is 4.79 Å². The van der Waals surface area contributed by atoms with Gasteiger partial charge in [0.05, 0.1) is 16.7 Å². The number of nitrogens with one attached hydrogen (secondary N) is 1. The number of rotatable bonds is 3. The van der Waals surface area contributed by atoms with Crippen molar-refractivity contribution in [3.8, 4) is 6.07 Å². The maximum absolute atomic E-state index is 11.8. The van der Waals surface area contributed by atoms with Crippen LogP contribution in [0, 0.1) is 11.3 Å². The van der Waals surface area contributed by atoms with Crippen LogP contribution in [-0.4, -0.2) is 11.7 Å². The number of amides is 1. The third kappa shape index (κ3) is 3.20. The molecule has 1 aliphatic rings. The fraction of sp³-hybridized carbons (Fsp3) is 0.286. The average molecular weight is 337 g/mol. The van der Waals surface area contributed by atoms with Crippen LogP contribution in [-0.2, 0) is 4.79 Å². The van der Waals surface area contributed by atoms with Crippen LogP contribution in [0.2, 0.25) is 0 Å². The van der Waals surface area contributed by atoms with Gasteiger partial charge in [0.15, 0.2) is 0 Å². The molecule has 1 heterocycles. The van der Waals surface area contributed by atoms with Crippen molar-refractivity contribution in [3.05, 3.63) is 44.9 Å². The Balaban J connectivity index is 2.42. The third-order valence-corrected chi connectivity index (χ3v) is 4.35. The monoisotopic (exact) mass is 336 g/mol. The van der Waals surface area contributed by atoms with E-state index in [0.29, 0.717) is 17.0 Å². The van der Waals surface area contributed by atoms with Gasteiger partial charge in [-0.25, -0.2) is 0 Å². The predicted octanol–water partition coefficient (Wildman–Crippen LogP) is 3.54. The average Bonchev–Trinajstić information content (AvgIpc) is 2.39. The summed E-state index contributed by atoms with van der Waals surface area (Å²) < 4.78 is 0.988. The molecule has 0 aliphatic carbocycles. The molecule has 0 saturated carbocycles. The largest absolute Gasteiger partial charge is 0.320 e. The van der Waals surface area contributed by atoms with Crippen molar-refractivity contribution in [2.45, 2.75) is 19.3 Å². The Bertz CT molecular complexity index is 560. The Labute approximate surface area is 125 Å². The molecule has 5 heteroatoms. The van der Waals surface area contributed by atoms with Crippen LogP contribution in [0.5, 0.6) is 0 Å². The lowest BCUT2D eigenvalue weighted by Gasteiger charge is -2.24. The van der Waals surface area contributed by atoms with E-state index in [0.717, 1.165) is 15.8 Å². The number of carbonyl (C=O) groups is 1. The summed E-state index contributed by atoms with van der Waals surface area (Å²) in [6, 6.07) is 10.0. The van der Waals surface area contributed by atoms with Gasteiger partial charge < -0.3 is 5.32 Å². The van der Waals surface area contributed by atoms with Gasteiger partial charge in [0.25, 0.3) is 0 Å². The van der Waals surface area contributed by atoms with E-state index in [9.17, 15) is 10.1 Å². The Hall–Kier alpha value is -1.25. The van der Waals surface area contributed by atoms with Gasteiger partial charge in [-0.1, -0.05) is 35.0 Å². The SMILES string of the molecule is CCSC1=C(C#N)[C@@H](c2ccc(Br)cc2)CC(=O)N1. The summed E-state index contributed by atoms with van der Waals surface area (Å²) >= 11 is 4.90. The molecule has 3 nitrogen and oxygen atoms in total. The van der Waals surface area contributed by atoms with Crippen molar-refractivity contribution >= 4 is 33.6 Å². The van der Waals surface area contributed by atoms with E-state index in [1.165, 1.54) is 11.8 Å². The van der Waals surface area contributed by atoms with Crippen molar-refractivity contribution in [1.82, 2.24) is 5.32 Å². The van der Waals surface area contributed by atoms with E-state index < -0.39 is 0 Å². The van der Waals surface area contributed by atoms with E-state index in [-0.39, 0.29) is 11.8 Å². The molecule has 1 aliphatic heterocycles. The number of nitriles is 1. The van der Waals surface area contributed by atoms with Crippen LogP contribution in [0.4, 0.5) is 0 Å². The lowest BCUT2D eigenvalue weighted by atomic mass is 9.87. The fourth-order valence-corrected chi connectivity index (χ4v) is 3.14. The number of thioether (sulfide) groups is 1. The molecule has 1 atom stereocenters. The van der Waals surface area contributed by atoms with Gasteiger partial charge in [-0.2, -0.15) is 5.26 Å². The summed E-state index contributed by atoms with van der Waals surface area (Å²) in [4.78, 5) is 11.8. The van der Waals surface area contributed by atoms with E-state index in [1.54, 1.807) is 0 Å². The van der Waals surface area contributed by atoms with Gasteiger partial charge in [0.2, 0.25) is 5.91 Å². The van der Waals surface area contributed by atoms with Crippen molar-refractivity contribution in [1.29, 1.82) is 5.26 Å². The molecule has 0 saturated heterocycles. The van der Waals surface area contributed by atoms with E-state index in [2.05, 4.69) is 27.3 Å². The first-order chi connectivity index (χ1) is 9.15. The number of halogens is 1. The van der Waals surface area contributed by atoms with E-state index >= 15 is 0 Å². The highest BCUT2D eigenvalue weighted by molar-refractivity contribution is 9.10. The smallest absolute Gasteiger partial charge is 0.225 e. The predicted molar refractivity (Wildman–Crippen MR) is 80.4 cm³/mol. The zero-order chi connectivity index (χ0) is 13.8. The standard InChI is InChI=1S/C14H13BrN2OS/c1-2-19-14-12(8-16)11(7-13(18)17-14)9-3-5-10(15)6-4-9/h3-6,11H,2,7H2,1H3,(H,17,18)/t11-/m1/s1. The first-order valence-corrected chi connectivity index (χ1v) is 7.76. The summed E-state index contributed by atoms with van der Waals surface area (Å²) in [7, 11) is 0. The maximum Gasteiger partial charge on any atom is 0.225 e. The molecule has 0 aromatic heterocycles. The molecule has 1 N–H and O–H groups in total. The number of hydrogen-bond acceptors (Lipinski definition) is 3. The molecule has 0 bridgehead atoms. The molecule has 1 aromatic carbocycles. The second-order valence-corrected chi connectivity index (χ2v) is 6.33. The van der Waals surface area contributed by atoms with Crippen LogP contribution in [0.25, 0.3) is 0 Å². The summed E-state index contributed by atoms with van der Waals surface area (Å²) in [6.45, 7) is 2.00. The topological polar surface area (TPSA) is 52.9 Å². The van der Waals surface area contributed by atoms with Crippen LogP contribution in [0.3, 0.4) is 0 Å².